The molecule has 150 valence electrons. The quantitative estimate of drug-likeness (QED) is 0.302. The minimum absolute atomic E-state index is 0.462. The molecule has 0 spiro atoms. The number of piperidine rings is 1. The molecule has 3 rings (SSSR count). The molecule has 28 heavy (non-hydrogen) atoms. The summed E-state index contributed by atoms with van der Waals surface area (Å²) in [5.41, 5.74) is 0. The number of methoxy groups -OCH3 is 1. The summed E-state index contributed by atoms with van der Waals surface area (Å²) in [5, 5.41) is 8.04. The predicted octanol–water partition coefficient (Wildman–Crippen LogP) is 2.59. The van der Waals surface area contributed by atoms with Crippen LogP contribution in [0.1, 0.15) is 19.8 Å². The first-order valence-electron chi connectivity index (χ1n) is 9.26. The van der Waals surface area contributed by atoms with E-state index in [1.54, 1.807) is 25.6 Å². The average Bonchev–Trinajstić information content (AvgIpc) is 2.69. The molecule has 0 amide bonds. The van der Waals surface area contributed by atoms with Gasteiger partial charge < -0.3 is 20.3 Å². The SMILES string of the molecule is COCCNC(=S)Nc1nc(Sc2ncccn2)cc(N2CCC[C@@H](C)C2)n1. The van der Waals surface area contributed by atoms with Crippen LogP contribution >= 0.6 is 24.0 Å². The van der Waals surface area contributed by atoms with Gasteiger partial charge in [0.2, 0.25) is 5.95 Å². The molecule has 2 aromatic rings. The van der Waals surface area contributed by atoms with Gasteiger partial charge in [0.1, 0.15) is 10.8 Å². The van der Waals surface area contributed by atoms with Gasteiger partial charge in [-0.05, 0) is 48.8 Å². The van der Waals surface area contributed by atoms with Crippen molar-refractivity contribution < 1.29 is 4.74 Å². The van der Waals surface area contributed by atoms with Gasteiger partial charge >= 0.3 is 0 Å². The molecule has 2 N–H and O–H groups in total. The highest BCUT2D eigenvalue weighted by Crippen LogP contribution is 2.28. The Hall–Kier alpha value is -2.04. The number of anilines is 2. The maximum absolute atomic E-state index is 5.34. The van der Waals surface area contributed by atoms with Crippen molar-refractivity contribution in [1.29, 1.82) is 0 Å². The van der Waals surface area contributed by atoms with Gasteiger partial charge in [-0.1, -0.05) is 6.92 Å². The third-order valence-electron chi connectivity index (χ3n) is 4.23. The standard InChI is InChI=1S/C18H25N7OS2/c1-13-5-3-9-25(12-13)14-11-15(28-18-20-6-4-7-21-18)23-16(22-14)24-17(27)19-8-10-26-2/h4,6-7,11,13H,3,5,8-10,12H2,1-2H3,(H2,19,22,23,24,27)/t13-/m1/s1. The molecule has 1 saturated heterocycles. The summed E-state index contributed by atoms with van der Waals surface area (Å²) in [5.74, 6) is 2.00. The van der Waals surface area contributed by atoms with E-state index in [1.807, 2.05) is 6.07 Å². The third kappa shape index (κ3) is 6.25. The van der Waals surface area contributed by atoms with E-state index in [0.717, 1.165) is 30.4 Å². The second-order valence-electron chi connectivity index (χ2n) is 6.59. The van der Waals surface area contributed by atoms with E-state index in [4.69, 9.17) is 21.9 Å². The fourth-order valence-electron chi connectivity index (χ4n) is 2.92. The summed E-state index contributed by atoms with van der Waals surface area (Å²) in [6.45, 7) is 5.43. The van der Waals surface area contributed by atoms with E-state index in [9.17, 15) is 0 Å². The molecule has 3 heterocycles. The molecule has 0 unspecified atom stereocenters. The third-order valence-corrected chi connectivity index (χ3v) is 5.28. The van der Waals surface area contributed by atoms with Crippen LogP contribution in [0.15, 0.2) is 34.7 Å². The maximum atomic E-state index is 5.34. The molecule has 1 aliphatic heterocycles. The van der Waals surface area contributed by atoms with Gasteiger partial charge in [0.25, 0.3) is 0 Å². The second kappa shape index (κ2) is 10.5. The van der Waals surface area contributed by atoms with Gasteiger partial charge in [-0.2, -0.15) is 4.98 Å². The largest absolute Gasteiger partial charge is 0.383 e. The average molecular weight is 420 g/mol. The molecule has 8 nitrogen and oxygen atoms in total. The maximum Gasteiger partial charge on any atom is 0.232 e. The topological polar surface area (TPSA) is 88.1 Å². The molecule has 0 aliphatic carbocycles. The highest BCUT2D eigenvalue weighted by Gasteiger charge is 2.20. The Bertz CT molecular complexity index is 778. The van der Waals surface area contributed by atoms with Crippen molar-refractivity contribution in [1.82, 2.24) is 25.3 Å². The number of ether oxygens (including phenoxy) is 1. The van der Waals surface area contributed by atoms with Crippen LogP contribution in [0.5, 0.6) is 0 Å². The molecular weight excluding hydrogens is 394 g/mol. The van der Waals surface area contributed by atoms with Gasteiger partial charge in [-0.25, -0.2) is 15.0 Å². The van der Waals surface area contributed by atoms with Crippen LogP contribution in [-0.2, 0) is 4.74 Å². The normalized spacial score (nSPS) is 16.6. The zero-order valence-electron chi connectivity index (χ0n) is 16.1. The van der Waals surface area contributed by atoms with Gasteiger partial charge in [-0.15, -0.1) is 0 Å². The van der Waals surface area contributed by atoms with Crippen LogP contribution in [0.25, 0.3) is 0 Å². The highest BCUT2D eigenvalue weighted by molar-refractivity contribution is 7.99. The first kappa shape index (κ1) is 20.7. The summed E-state index contributed by atoms with van der Waals surface area (Å²) in [6, 6.07) is 3.79. The molecule has 1 fully saturated rings. The van der Waals surface area contributed by atoms with Gasteiger partial charge in [0.05, 0.1) is 6.61 Å². The molecule has 10 heteroatoms. The fraction of sp³-hybridized carbons (Fsp3) is 0.500. The van der Waals surface area contributed by atoms with Crippen LogP contribution in [0.3, 0.4) is 0 Å². The van der Waals surface area contributed by atoms with Crippen molar-refractivity contribution in [3.63, 3.8) is 0 Å². The second-order valence-corrected chi connectivity index (χ2v) is 7.98. The minimum Gasteiger partial charge on any atom is -0.383 e. The van der Waals surface area contributed by atoms with Crippen LogP contribution in [0.4, 0.5) is 11.8 Å². The van der Waals surface area contributed by atoms with Gasteiger partial charge in [0, 0.05) is 45.2 Å². The molecule has 0 saturated carbocycles. The molecule has 1 atom stereocenters. The first-order chi connectivity index (χ1) is 13.6. The smallest absolute Gasteiger partial charge is 0.232 e. The van der Waals surface area contributed by atoms with E-state index < -0.39 is 0 Å². The number of hydrogen-bond donors (Lipinski definition) is 2. The summed E-state index contributed by atoms with van der Waals surface area (Å²) < 4.78 is 5.03. The Kier molecular flexibility index (Phi) is 7.75. The monoisotopic (exact) mass is 419 g/mol. The number of aromatic nitrogens is 4. The lowest BCUT2D eigenvalue weighted by molar-refractivity contribution is 0.204. The molecule has 0 aromatic carbocycles. The van der Waals surface area contributed by atoms with Crippen molar-refractivity contribution >= 4 is 40.9 Å². The summed E-state index contributed by atoms with van der Waals surface area (Å²) >= 11 is 6.74. The van der Waals surface area contributed by atoms with Crippen molar-refractivity contribution in [2.75, 3.05) is 43.6 Å². The molecule has 0 bridgehead atoms. The van der Waals surface area contributed by atoms with Crippen LogP contribution in [0, 0.1) is 5.92 Å². The number of hydrogen-bond acceptors (Lipinski definition) is 8. The lowest BCUT2D eigenvalue weighted by Crippen LogP contribution is -2.35. The minimum atomic E-state index is 0.462. The Morgan fingerprint density at radius 1 is 1.36 bits per heavy atom. The Morgan fingerprint density at radius 3 is 2.93 bits per heavy atom. The Labute approximate surface area is 174 Å². The van der Waals surface area contributed by atoms with E-state index >= 15 is 0 Å². The van der Waals surface area contributed by atoms with Crippen molar-refractivity contribution in [2.24, 2.45) is 5.92 Å². The molecule has 1 aliphatic rings. The number of nitrogens with one attached hydrogen (secondary N) is 2. The zero-order valence-corrected chi connectivity index (χ0v) is 17.7. The van der Waals surface area contributed by atoms with Crippen LogP contribution in [-0.4, -0.2) is 58.4 Å². The first-order valence-corrected chi connectivity index (χ1v) is 10.5. The summed E-state index contributed by atoms with van der Waals surface area (Å²) in [4.78, 5) is 20.1. The predicted molar refractivity (Wildman–Crippen MR) is 115 cm³/mol. The van der Waals surface area contributed by atoms with E-state index in [-0.39, 0.29) is 0 Å². The van der Waals surface area contributed by atoms with Crippen LogP contribution in [0.2, 0.25) is 0 Å². The lowest BCUT2D eigenvalue weighted by Gasteiger charge is -2.32. The Balaban J connectivity index is 1.79. The lowest BCUT2D eigenvalue weighted by atomic mass is 10.0. The van der Waals surface area contributed by atoms with Crippen molar-refractivity contribution in [3.8, 4) is 0 Å². The van der Waals surface area contributed by atoms with E-state index in [1.165, 1.54) is 18.2 Å². The van der Waals surface area contributed by atoms with Crippen molar-refractivity contribution in [2.45, 2.75) is 29.9 Å². The number of thiocarbonyl (C=S) groups is 1. The summed E-state index contributed by atoms with van der Waals surface area (Å²) in [6.07, 6.45) is 5.85. The van der Waals surface area contributed by atoms with Crippen LogP contribution < -0.4 is 15.5 Å². The molecular formula is C18H25N7OS2. The van der Waals surface area contributed by atoms with Crippen molar-refractivity contribution in [3.05, 3.63) is 24.5 Å². The molecule has 0 radical (unpaired) electrons. The zero-order chi connectivity index (χ0) is 19.8. The van der Waals surface area contributed by atoms with E-state index in [0.29, 0.717) is 35.3 Å². The van der Waals surface area contributed by atoms with Gasteiger partial charge in [0.15, 0.2) is 10.3 Å². The summed E-state index contributed by atoms with van der Waals surface area (Å²) in [7, 11) is 1.65. The Morgan fingerprint density at radius 2 is 2.18 bits per heavy atom. The van der Waals surface area contributed by atoms with E-state index in [2.05, 4.69) is 37.4 Å². The van der Waals surface area contributed by atoms with Gasteiger partial charge in [-0.3, -0.25) is 0 Å². The fourth-order valence-corrected chi connectivity index (χ4v) is 3.83. The number of nitrogens with zero attached hydrogens (tertiary/aromatic N) is 5. The molecule has 2 aromatic heterocycles. The highest BCUT2D eigenvalue weighted by atomic mass is 32.2. The number of rotatable bonds is 7.